The fraction of sp³-hybridized carbons (Fsp3) is 0.769. The molecule has 0 aliphatic carbocycles. The summed E-state index contributed by atoms with van der Waals surface area (Å²) in [6.45, 7) is 12.5. The smallest absolute Gasteiger partial charge is 0.0794 e. The number of hydrogen-bond acceptors (Lipinski definition) is 3. The lowest BCUT2D eigenvalue weighted by atomic mass is 9.84. The lowest BCUT2D eigenvalue weighted by Crippen LogP contribution is -2.32. The van der Waals surface area contributed by atoms with Crippen LogP contribution in [0.1, 0.15) is 52.0 Å². The first-order chi connectivity index (χ1) is 7.41. The molecule has 0 saturated heterocycles. The van der Waals surface area contributed by atoms with E-state index < -0.39 is 0 Å². The highest BCUT2D eigenvalue weighted by Gasteiger charge is 2.20. The summed E-state index contributed by atoms with van der Waals surface area (Å²) >= 11 is 1.72. The van der Waals surface area contributed by atoms with Gasteiger partial charge in [-0.3, -0.25) is 4.98 Å². The van der Waals surface area contributed by atoms with Crippen LogP contribution < -0.4 is 5.32 Å². The van der Waals surface area contributed by atoms with Gasteiger partial charge in [-0.1, -0.05) is 27.7 Å². The molecule has 3 heteroatoms. The summed E-state index contributed by atoms with van der Waals surface area (Å²) in [4.78, 5) is 5.43. The van der Waals surface area contributed by atoms with Gasteiger partial charge in [-0.25, -0.2) is 0 Å². The Labute approximate surface area is 103 Å². The molecule has 0 amide bonds. The number of thiazole rings is 1. The molecule has 1 unspecified atom stereocenters. The average Bonchev–Trinajstić information content (AvgIpc) is 2.64. The van der Waals surface area contributed by atoms with E-state index in [2.05, 4.69) is 44.9 Å². The number of nitrogens with zero attached hydrogens (tertiary/aromatic N) is 1. The number of rotatable bonds is 6. The van der Waals surface area contributed by atoms with E-state index in [0.29, 0.717) is 11.5 Å². The Morgan fingerprint density at radius 1 is 1.38 bits per heavy atom. The molecule has 1 aromatic rings. The first kappa shape index (κ1) is 13.7. The first-order valence-corrected chi connectivity index (χ1v) is 6.90. The number of nitrogens with one attached hydrogen (secondary N) is 1. The van der Waals surface area contributed by atoms with Crippen molar-refractivity contribution < 1.29 is 0 Å². The van der Waals surface area contributed by atoms with Crippen molar-refractivity contribution >= 4 is 11.3 Å². The molecule has 1 aromatic heterocycles. The lowest BCUT2D eigenvalue weighted by molar-refractivity contribution is 0.265. The molecule has 1 heterocycles. The highest BCUT2D eigenvalue weighted by atomic mass is 32.1. The Bertz CT molecular complexity index is 291. The Morgan fingerprint density at radius 3 is 2.56 bits per heavy atom. The van der Waals surface area contributed by atoms with Gasteiger partial charge in [0.15, 0.2) is 0 Å². The first-order valence-electron chi connectivity index (χ1n) is 6.02. The van der Waals surface area contributed by atoms with Gasteiger partial charge < -0.3 is 5.32 Å². The zero-order valence-electron chi connectivity index (χ0n) is 11.1. The molecule has 0 aliphatic heterocycles. The normalized spacial score (nSPS) is 14.4. The summed E-state index contributed by atoms with van der Waals surface area (Å²) in [6.07, 6.45) is 3.22. The molecular weight excluding hydrogens is 216 g/mol. The molecule has 0 aliphatic rings. The van der Waals surface area contributed by atoms with E-state index in [-0.39, 0.29) is 0 Å². The van der Waals surface area contributed by atoms with Crippen LogP contribution in [0.15, 0.2) is 11.7 Å². The molecule has 92 valence electrons. The zero-order chi connectivity index (χ0) is 12.2. The Morgan fingerprint density at radius 2 is 2.06 bits per heavy atom. The van der Waals surface area contributed by atoms with Gasteiger partial charge in [0, 0.05) is 23.7 Å². The molecule has 1 rings (SSSR count). The molecule has 0 radical (unpaired) electrons. The molecule has 16 heavy (non-hydrogen) atoms. The largest absolute Gasteiger partial charge is 0.309 e. The van der Waals surface area contributed by atoms with E-state index in [4.69, 9.17) is 0 Å². The highest BCUT2D eigenvalue weighted by Crippen LogP contribution is 2.25. The van der Waals surface area contributed by atoms with Gasteiger partial charge >= 0.3 is 0 Å². The van der Waals surface area contributed by atoms with Crippen molar-refractivity contribution in [1.29, 1.82) is 0 Å². The van der Waals surface area contributed by atoms with Crippen LogP contribution in [-0.2, 0) is 0 Å². The summed E-state index contributed by atoms with van der Waals surface area (Å²) in [5.41, 5.74) is 2.26. The van der Waals surface area contributed by atoms with Gasteiger partial charge in [-0.2, -0.15) is 0 Å². The van der Waals surface area contributed by atoms with Crippen LogP contribution in [0.2, 0.25) is 0 Å². The predicted molar refractivity (Wildman–Crippen MR) is 71.8 cm³/mol. The second kappa shape index (κ2) is 5.78. The highest BCUT2D eigenvalue weighted by molar-refractivity contribution is 7.09. The fourth-order valence-corrected chi connectivity index (χ4v) is 2.80. The van der Waals surface area contributed by atoms with E-state index in [0.717, 1.165) is 12.5 Å². The van der Waals surface area contributed by atoms with Crippen LogP contribution in [0, 0.1) is 11.3 Å². The van der Waals surface area contributed by atoms with Crippen molar-refractivity contribution in [2.45, 2.75) is 47.1 Å². The quantitative estimate of drug-likeness (QED) is 0.816. The van der Waals surface area contributed by atoms with Gasteiger partial charge in [0.1, 0.15) is 0 Å². The van der Waals surface area contributed by atoms with Crippen molar-refractivity contribution in [2.75, 3.05) is 6.54 Å². The Kier molecular flexibility index (Phi) is 4.93. The van der Waals surface area contributed by atoms with Crippen molar-refractivity contribution in [2.24, 2.45) is 11.3 Å². The van der Waals surface area contributed by atoms with Crippen LogP contribution in [0.4, 0.5) is 0 Å². The van der Waals surface area contributed by atoms with E-state index in [9.17, 15) is 0 Å². The second-order valence-electron chi connectivity index (χ2n) is 5.77. The lowest BCUT2D eigenvalue weighted by Gasteiger charge is -2.28. The molecule has 1 atom stereocenters. The minimum atomic E-state index is 0.368. The van der Waals surface area contributed by atoms with Crippen LogP contribution >= 0.6 is 11.3 Å². The standard InChI is InChI=1S/C13H24N2S/c1-10(2)6-13(4,5)8-15-11(3)12-7-14-9-16-12/h7,9-11,15H,6,8H2,1-5H3. The van der Waals surface area contributed by atoms with Gasteiger partial charge in [0.25, 0.3) is 0 Å². The molecule has 0 fully saturated rings. The minimum absolute atomic E-state index is 0.368. The number of aromatic nitrogens is 1. The summed E-state index contributed by atoms with van der Waals surface area (Å²) in [6, 6.07) is 0.416. The summed E-state index contributed by atoms with van der Waals surface area (Å²) in [5.74, 6) is 0.760. The van der Waals surface area contributed by atoms with Crippen LogP contribution in [0.25, 0.3) is 0 Å². The molecular formula is C13H24N2S. The van der Waals surface area contributed by atoms with Crippen molar-refractivity contribution in [3.63, 3.8) is 0 Å². The maximum Gasteiger partial charge on any atom is 0.0794 e. The van der Waals surface area contributed by atoms with E-state index in [1.165, 1.54) is 11.3 Å². The second-order valence-corrected chi connectivity index (χ2v) is 6.69. The van der Waals surface area contributed by atoms with E-state index >= 15 is 0 Å². The molecule has 0 saturated carbocycles. The van der Waals surface area contributed by atoms with Crippen LogP contribution in [0.5, 0.6) is 0 Å². The van der Waals surface area contributed by atoms with Crippen LogP contribution in [0.3, 0.4) is 0 Å². The molecule has 0 spiro atoms. The maximum absolute atomic E-state index is 4.11. The topological polar surface area (TPSA) is 24.9 Å². The van der Waals surface area contributed by atoms with Gasteiger partial charge in [-0.15, -0.1) is 11.3 Å². The van der Waals surface area contributed by atoms with Crippen molar-refractivity contribution in [3.8, 4) is 0 Å². The van der Waals surface area contributed by atoms with Gasteiger partial charge in [0.05, 0.1) is 5.51 Å². The Hall–Kier alpha value is -0.410. The summed E-state index contributed by atoms with van der Waals surface area (Å²) in [5, 5.41) is 3.60. The average molecular weight is 240 g/mol. The molecule has 0 aromatic carbocycles. The Balaban J connectivity index is 2.39. The third-order valence-electron chi connectivity index (χ3n) is 2.73. The molecule has 2 nitrogen and oxygen atoms in total. The molecule has 1 N–H and O–H groups in total. The van der Waals surface area contributed by atoms with Crippen LogP contribution in [-0.4, -0.2) is 11.5 Å². The third kappa shape index (κ3) is 4.62. The fourth-order valence-electron chi connectivity index (χ4n) is 2.15. The number of hydrogen-bond donors (Lipinski definition) is 1. The van der Waals surface area contributed by atoms with E-state index in [1.807, 2.05) is 11.7 Å². The third-order valence-corrected chi connectivity index (χ3v) is 3.68. The van der Waals surface area contributed by atoms with Gasteiger partial charge in [0.2, 0.25) is 0 Å². The van der Waals surface area contributed by atoms with Crippen molar-refractivity contribution in [3.05, 3.63) is 16.6 Å². The maximum atomic E-state index is 4.11. The monoisotopic (exact) mass is 240 g/mol. The van der Waals surface area contributed by atoms with Gasteiger partial charge in [-0.05, 0) is 24.7 Å². The van der Waals surface area contributed by atoms with E-state index in [1.54, 1.807) is 11.3 Å². The predicted octanol–water partition coefficient (Wildman–Crippen LogP) is 3.87. The zero-order valence-corrected chi connectivity index (χ0v) is 11.9. The summed E-state index contributed by atoms with van der Waals surface area (Å²) < 4.78 is 0. The molecule has 0 bridgehead atoms. The summed E-state index contributed by atoms with van der Waals surface area (Å²) in [7, 11) is 0. The van der Waals surface area contributed by atoms with Crippen molar-refractivity contribution in [1.82, 2.24) is 10.3 Å². The minimum Gasteiger partial charge on any atom is -0.309 e. The SMILES string of the molecule is CC(C)CC(C)(C)CNC(C)c1cncs1.